The van der Waals surface area contributed by atoms with Gasteiger partial charge < -0.3 is 14.2 Å². The van der Waals surface area contributed by atoms with Crippen molar-refractivity contribution in [1.82, 2.24) is 4.57 Å². The lowest BCUT2D eigenvalue weighted by Gasteiger charge is -2.27. The zero-order valence-electron chi connectivity index (χ0n) is 25.8. The molecule has 0 aliphatic carbocycles. The highest BCUT2D eigenvalue weighted by molar-refractivity contribution is 7.07. The standard InChI is InChI=1S/C37H33ClN2O5S/c1-4-9-30-33(36(42)44-5-2)34(29-21-26(38)16-19-31(29)43-3)40-35(41)32(46-37(40)39-30)20-23-14-17-27(18-15-23)45-22-25-12-8-11-24-10-6-7-13-28(24)25/h6-8,10-21,34H,4-5,9,22H2,1-3H3/b32-20+/t34-/m0/s1. The van der Waals surface area contributed by atoms with Crippen LogP contribution in [-0.2, 0) is 16.1 Å². The van der Waals surface area contributed by atoms with E-state index in [0.29, 0.717) is 50.0 Å². The molecule has 2 heterocycles. The number of hydrogen-bond donors (Lipinski definition) is 0. The van der Waals surface area contributed by atoms with E-state index in [1.54, 1.807) is 36.8 Å². The van der Waals surface area contributed by atoms with Crippen LogP contribution in [-0.4, -0.2) is 24.3 Å². The number of carbonyl (C=O) groups excluding carboxylic acids is 1. The molecule has 0 spiro atoms. The van der Waals surface area contributed by atoms with E-state index in [1.165, 1.54) is 22.1 Å². The van der Waals surface area contributed by atoms with Crippen LogP contribution < -0.4 is 24.4 Å². The zero-order valence-corrected chi connectivity index (χ0v) is 27.4. The molecule has 1 atom stereocenters. The van der Waals surface area contributed by atoms with Crippen LogP contribution in [0.15, 0.2) is 106 Å². The van der Waals surface area contributed by atoms with Crippen molar-refractivity contribution in [1.29, 1.82) is 0 Å². The molecule has 0 radical (unpaired) electrons. The predicted molar refractivity (Wildman–Crippen MR) is 182 cm³/mol. The van der Waals surface area contributed by atoms with Crippen molar-refractivity contribution in [3.05, 3.63) is 138 Å². The molecule has 0 fully saturated rings. The lowest BCUT2D eigenvalue weighted by Crippen LogP contribution is -2.40. The van der Waals surface area contributed by atoms with Gasteiger partial charge in [-0.2, -0.15) is 0 Å². The third kappa shape index (κ3) is 6.23. The Morgan fingerprint density at radius 3 is 2.57 bits per heavy atom. The van der Waals surface area contributed by atoms with Crippen molar-refractivity contribution in [2.45, 2.75) is 39.3 Å². The van der Waals surface area contributed by atoms with Gasteiger partial charge in [-0.25, -0.2) is 9.79 Å². The highest BCUT2D eigenvalue weighted by atomic mass is 35.5. The molecule has 6 rings (SSSR count). The maximum atomic E-state index is 14.1. The summed E-state index contributed by atoms with van der Waals surface area (Å²) in [5.41, 5.74) is 3.16. The van der Waals surface area contributed by atoms with Gasteiger partial charge in [0, 0.05) is 10.6 Å². The number of fused-ring (bicyclic) bond motifs is 2. The number of ether oxygens (including phenoxy) is 3. The monoisotopic (exact) mass is 652 g/mol. The lowest BCUT2D eigenvalue weighted by molar-refractivity contribution is -0.139. The molecule has 234 valence electrons. The van der Waals surface area contributed by atoms with E-state index in [-0.39, 0.29) is 12.2 Å². The Morgan fingerprint density at radius 1 is 1.02 bits per heavy atom. The second-order valence-corrected chi connectivity index (χ2v) is 12.2. The van der Waals surface area contributed by atoms with Crippen LogP contribution in [0.5, 0.6) is 11.5 Å². The maximum absolute atomic E-state index is 14.1. The summed E-state index contributed by atoms with van der Waals surface area (Å²) >= 11 is 7.72. The lowest BCUT2D eigenvalue weighted by atomic mass is 9.93. The number of aromatic nitrogens is 1. The average molecular weight is 653 g/mol. The third-order valence-electron chi connectivity index (χ3n) is 7.83. The van der Waals surface area contributed by atoms with E-state index in [9.17, 15) is 9.59 Å². The first-order valence-electron chi connectivity index (χ1n) is 15.2. The number of methoxy groups -OCH3 is 1. The smallest absolute Gasteiger partial charge is 0.338 e. The number of benzene rings is 4. The fourth-order valence-corrected chi connectivity index (χ4v) is 6.93. The number of hydrogen-bond acceptors (Lipinski definition) is 7. The van der Waals surface area contributed by atoms with Crippen molar-refractivity contribution in [2.24, 2.45) is 4.99 Å². The molecule has 0 bridgehead atoms. The number of nitrogens with zero attached hydrogens (tertiary/aromatic N) is 2. The first kappa shape index (κ1) is 31.3. The highest BCUT2D eigenvalue weighted by Gasteiger charge is 2.36. The van der Waals surface area contributed by atoms with E-state index in [1.807, 2.05) is 55.5 Å². The quantitative estimate of drug-likeness (QED) is 0.152. The molecule has 9 heteroatoms. The van der Waals surface area contributed by atoms with Gasteiger partial charge >= 0.3 is 5.97 Å². The van der Waals surface area contributed by atoms with Crippen LogP contribution in [0.4, 0.5) is 0 Å². The fraction of sp³-hybridized carbons (Fsp3) is 0.216. The Labute approximate surface area is 275 Å². The molecule has 1 aromatic heterocycles. The molecule has 4 aromatic carbocycles. The minimum Gasteiger partial charge on any atom is -0.496 e. The number of allylic oxidation sites excluding steroid dienone is 1. The molecule has 5 aromatic rings. The van der Waals surface area contributed by atoms with Gasteiger partial charge in [0.25, 0.3) is 5.56 Å². The number of carbonyl (C=O) groups is 1. The average Bonchev–Trinajstić information content (AvgIpc) is 3.37. The van der Waals surface area contributed by atoms with Gasteiger partial charge in [-0.15, -0.1) is 0 Å². The van der Waals surface area contributed by atoms with E-state index in [2.05, 4.69) is 24.3 Å². The molecule has 46 heavy (non-hydrogen) atoms. The molecule has 0 N–H and O–H groups in total. The van der Waals surface area contributed by atoms with Gasteiger partial charge in [0.2, 0.25) is 0 Å². The molecule has 0 saturated carbocycles. The Balaban J connectivity index is 1.38. The summed E-state index contributed by atoms with van der Waals surface area (Å²) in [6.45, 7) is 4.40. The minimum atomic E-state index is -0.822. The van der Waals surface area contributed by atoms with Crippen molar-refractivity contribution >= 4 is 45.8 Å². The number of rotatable bonds is 10. The second-order valence-electron chi connectivity index (χ2n) is 10.8. The van der Waals surface area contributed by atoms with Gasteiger partial charge in [0.15, 0.2) is 4.80 Å². The number of esters is 1. The fourth-order valence-electron chi connectivity index (χ4n) is 5.73. The van der Waals surface area contributed by atoms with E-state index in [0.717, 1.165) is 23.3 Å². The molecule has 0 unspecified atom stereocenters. The summed E-state index contributed by atoms with van der Waals surface area (Å²) in [5.74, 6) is 0.709. The van der Waals surface area contributed by atoms with Crippen LogP contribution in [0.3, 0.4) is 0 Å². The zero-order chi connectivity index (χ0) is 32.2. The number of halogens is 1. The first-order valence-corrected chi connectivity index (χ1v) is 16.4. The molecule has 1 aliphatic rings. The maximum Gasteiger partial charge on any atom is 0.338 e. The van der Waals surface area contributed by atoms with Crippen molar-refractivity contribution < 1.29 is 19.0 Å². The summed E-state index contributed by atoms with van der Waals surface area (Å²) in [5, 5.41) is 2.80. The molecule has 1 aliphatic heterocycles. The van der Waals surface area contributed by atoms with E-state index >= 15 is 0 Å². The minimum absolute atomic E-state index is 0.188. The summed E-state index contributed by atoms with van der Waals surface area (Å²) in [6, 6.07) is 26.4. The van der Waals surface area contributed by atoms with Gasteiger partial charge in [0.05, 0.1) is 29.5 Å². The van der Waals surface area contributed by atoms with Crippen LogP contribution in [0.25, 0.3) is 16.8 Å². The van der Waals surface area contributed by atoms with Gasteiger partial charge in [-0.1, -0.05) is 90.9 Å². The van der Waals surface area contributed by atoms with Crippen molar-refractivity contribution in [3.63, 3.8) is 0 Å². The topological polar surface area (TPSA) is 79.1 Å². The Bertz CT molecular complexity index is 2130. The molecule has 0 saturated heterocycles. The van der Waals surface area contributed by atoms with Crippen LogP contribution >= 0.6 is 22.9 Å². The SMILES string of the molecule is CCCC1=C(C(=O)OCC)[C@H](c2cc(Cl)ccc2OC)n2c(s/c(=C/c3ccc(OCc4cccc5ccccc45)cc3)c2=O)=N1. The van der Waals surface area contributed by atoms with Crippen molar-refractivity contribution in [2.75, 3.05) is 13.7 Å². The summed E-state index contributed by atoms with van der Waals surface area (Å²) < 4.78 is 19.3. The van der Waals surface area contributed by atoms with Crippen LogP contribution in [0.2, 0.25) is 5.02 Å². The third-order valence-corrected chi connectivity index (χ3v) is 9.05. The summed E-state index contributed by atoms with van der Waals surface area (Å²) in [7, 11) is 1.55. The second kappa shape index (κ2) is 13.8. The highest BCUT2D eigenvalue weighted by Crippen LogP contribution is 2.38. The van der Waals surface area contributed by atoms with Crippen LogP contribution in [0, 0.1) is 0 Å². The van der Waals surface area contributed by atoms with Crippen LogP contribution in [0.1, 0.15) is 49.4 Å². The Kier molecular flexibility index (Phi) is 9.38. The molecule has 7 nitrogen and oxygen atoms in total. The summed E-state index contributed by atoms with van der Waals surface area (Å²) in [6.07, 6.45) is 3.13. The first-order chi connectivity index (χ1) is 22.4. The molecule has 0 amide bonds. The largest absolute Gasteiger partial charge is 0.496 e. The van der Waals surface area contributed by atoms with Gasteiger partial charge in [-0.3, -0.25) is 9.36 Å². The Hall–Kier alpha value is -4.66. The predicted octanol–water partition coefficient (Wildman–Crippen LogP) is 6.97. The normalized spacial score (nSPS) is 14.6. The van der Waals surface area contributed by atoms with Gasteiger partial charge in [0.1, 0.15) is 24.1 Å². The van der Waals surface area contributed by atoms with E-state index in [4.69, 9.17) is 30.8 Å². The van der Waals surface area contributed by atoms with E-state index < -0.39 is 12.0 Å². The summed E-state index contributed by atoms with van der Waals surface area (Å²) in [4.78, 5) is 32.9. The molecular weight excluding hydrogens is 620 g/mol. The Morgan fingerprint density at radius 2 is 1.80 bits per heavy atom. The van der Waals surface area contributed by atoms with Crippen molar-refractivity contribution in [3.8, 4) is 11.5 Å². The van der Waals surface area contributed by atoms with Gasteiger partial charge in [-0.05, 0) is 71.7 Å². The molecular formula is C37H33ClN2O5S. The number of thiazole rings is 1.